The molecule has 1 aromatic heterocycles. The molecule has 3 N–H and O–H groups in total. The molecule has 392 valence electrons. The average molecular weight is 1010 g/mol. The van der Waals surface area contributed by atoms with Crippen LogP contribution in [0.5, 0.6) is 11.5 Å². The first-order valence-electron chi connectivity index (χ1n) is 26.8. The van der Waals surface area contributed by atoms with Crippen molar-refractivity contribution in [3.63, 3.8) is 0 Å². The van der Waals surface area contributed by atoms with E-state index < -0.39 is 6.43 Å². The third-order valence-corrected chi connectivity index (χ3v) is 18.1. The number of alkyl halides is 2. The number of halogens is 2. The van der Waals surface area contributed by atoms with Crippen molar-refractivity contribution >= 4 is 29.0 Å². The normalized spacial score (nSPS) is 24.1. The number of nitrogens with one attached hydrogen (secondary N) is 3. The molecule has 3 aromatic carbocycles. The highest BCUT2D eigenvalue weighted by Crippen LogP contribution is 2.56. The molecule has 4 aromatic rings. The first-order valence-corrected chi connectivity index (χ1v) is 26.8. The van der Waals surface area contributed by atoms with Gasteiger partial charge in [-0.25, -0.2) is 8.78 Å². The Kier molecular flexibility index (Phi) is 13.8. The summed E-state index contributed by atoms with van der Waals surface area (Å²) in [6, 6.07) is 19.1. The van der Waals surface area contributed by atoms with Gasteiger partial charge >= 0.3 is 0 Å². The Bertz CT molecular complexity index is 2840. The number of carbonyl (C=O) groups is 2. The summed E-state index contributed by atoms with van der Waals surface area (Å²) < 4.78 is 42.9. The standard InChI is InChI=1S/C59H73F2N9O4/c1-36(71)68-26-22-49(48(33-68)53(63)70-25-8-9-40-27-46(42-31-64-67(6)32-42)47(52(60)61)29-50(40)70)65-43-15-10-37(11-16-43)38-20-23-59(24-21-38)34-69(35-59)44-17-12-39(13-18-44)54(72)66-55-57(2,3)56(58(55,4)5)74-45-19-14-41(30-62)51(28-45)73-7/h12-14,17-19,27-29,31-32,37-38,43,52,55-56,63,65H,8-11,15-16,20-26,33-35H2,1-7H3,(H,66,72). The van der Waals surface area contributed by atoms with Gasteiger partial charge in [0.25, 0.3) is 12.3 Å². The van der Waals surface area contributed by atoms with Crippen LogP contribution in [0, 0.1) is 44.8 Å². The molecule has 10 rings (SSSR count). The van der Waals surface area contributed by atoms with Gasteiger partial charge in [0.05, 0.1) is 25.4 Å². The highest BCUT2D eigenvalue weighted by atomic mass is 19.3. The second kappa shape index (κ2) is 20.0. The van der Waals surface area contributed by atoms with Crippen molar-refractivity contribution in [2.75, 3.05) is 49.6 Å². The summed E-state index contributed by atoms with van der Waals surface area (Å²) in [5.41, 5.74) is 6.38. The Balaban J connectivity index is 0.709. The van der Waals surface area contributed by atoms with Crippen molar-refractivity contribution in [2.24, 2.45) is 35.1 Å². The number of aryl methyl sites for hydroxylation is 2. The summed E-state index contributed by atoms with van der Waals surface area (Å²) >= 11 is 0. The Hall–Kier alpha value is -6.43. The number of nitriles is 1. The topological polar surface area (TPSA) is 152 Å². The van der Waals surface area contributed by atoms with E-state index in [1.807, 2.05) is 23.1 Å². The number of anilines is 2. The summed E-state index contributed by atoms with van der Waals surface area (Å²) in [5.74, 6) is 2.71. The summed E-state index contributed by atoms with van der Waals surface area (Å²) in [4.78, 5) is 32.5. The number of amidine groups is 1. The van der Waals surface area contributed by atoms with E-state index in [-0.39, 0.29) is 52.2 Å². The minimum atomic E-state index is -2.69. The fraction of sp³-hybridized carbons (Fsp3) is 0.542. The SMILES string of the molecule is COc1cc(OC2C(C)(C)C(NC(=O)c3ccc(N4CC5(CCC(C6CCC(NC7=C(C(=N)N8CCCc9cc(-c%10cnn(C)c%10)c(C(F)F)cc98)CN(C(C)=O)CC7)CC6)CC5)C4)cc3)C2(C)C)ccc1C#N. The van der Waals surface area contributed by atoms with Gasteiger partial charge in [-0.2, -0.15) is 10.4 Å². The maximum atomic E-state index is 14.7. The lowest BCUT2D eigenvalue weighted by molar-refractivity contribution is -0.164. The molecule has 6 aliphatic rings. The highest BCUT2D eigenvalue weighted by Gasteiger charge is 2.64. The van der Waals surface area contributed by atoms with Crippen molar-refractivity contribution in [3.05, 3.63) is 101 Å². The van der Waals surface area contributed by atoms with Gasteiger partial charge in [-0.3, -0.25) is 19.7 Å². The van der Waals surface area contributed by atoms with Gasteiger partial charge < -0.3 is 34.8 Å². The van der Waals surface area contributed by atoms with Crippen LogP contribution in [0.4, 0.5) is 20.2 Å². The molecule has 3 aliphatic heterocycles. The number of carbonyl (C=O) groups excluding carboxylic acids is 2. The predicted octanol–water partition coefficient (Wildman–Crippen LogP) is 10.6. The van der Waals surface area contributed by atoms with Crippen LogP contribution in [0.25, 0.3) is 11.1 Å². The zero-order chi connectivity index (χ0) is 52.3. The Morgan fingerprint density at radius 1 is 0.919 bits per heavy atom. The van der Waals surface area contributed by atoms with E-state index in [4.69, 9.17) is 9.47 Å². The van der Waals surface area contributed by atoms with Gasteiger partial charge in [0.1, 0.15) is 29.5 Å². The lowest BCUT2D eigenvalue weighted by atomic mass is 9.49. The molecule has 13 nitrogen and oxygen atoms in total. The fourth-order valence-electron chi connectivity index (χ4n) is 14.2. The number of benzene rings is 3. The number of aromatic nitrogens is 2. The van der Waals surface area contributed by atoms with Gasteiger partial charge in [-0.05, 0) is 136 Å². The van der Waals surface area contributed by atoms with Crippen LogP contribution in [0.1, 0.15) is 132 Å². The molecule has 15 heteroatoms. The van der Waals surface area contributed by atoms with Crippen LogP contribution >= 0.6 is 0 Å². The second-order valence-corrected chi connectivity index (χ2v) is 23.5. The average Bonchev–Trinajstić information content (AvgIpc) is 3.84. The van der Waals surface area contributed by atoms with Gasteiger partial charge in [0.15, 0.2) is 0 Å². The van der Waals surface area contributed by atoms with E-state index in [0.717, 1.165) is 67.2 Å². The third-order valence-electron chi connectivity index (χ3n) is 18.1. The number of nitrogens with zero attached hydrogens (tertiary/aromatic N) is 6. The Labute approximate surface area is 435 Å². The van der Waals surface area contributed by atoms with Crippen LogP contribution in [-0.2, 0) is 18.3 Å². The lowest BCUT2D eigenvalue weighted by Gasteiger charge is -2.63. The molecule has 1 saturated heterocycles. The summed E-state index contributed by atoms with van der Waals surface area (Å²) in [7, 11) is 3.32. The molecular formula is C59H73F2N9O4. The lowest BCUT2D eigenvalue weighted by Crippen LogP contribution is -2.74. The van der Waals surface area contributed by atoms with E-state index >= 15 is 0 Å². The molecule has 0 unspecified atom stereocenters. The van der Waals surface area contributed by atoms with Gasteiger partial charge in [0, 0.05) is 126 Å². The first-order chi connectivity index (χ1) is 35.4. The van der Waals surface area contributed by atoms with E-state index in [2.05, 4.69) is 66.5 Å². The molecule has 3 saturated carbocycles. The molecule has 3 aliphatic carbocycles. The molecule has 0 radical (unpaired) electrons. The van der Waals surface area contributed by atoms with Gasteiger partial charge in [-0.15, -0.1) is 0 Å². The van der Waals surface area contributed by atoms with Crippen molar-refractivity contribution in [1.82, 2.24) is 25.3 Å². The molecule has 74 heavy (non-hydrogen) atoms. The monoisotopic (exact) mass is 1010 g/mol. The predicted molar refractivity (Wildman–Crippen MR) is 284 cm³/mol. The van der Waals surface area contributed by atoms with Gasteiger partial charge in [0.2, 0.25) is 5.91 Å². The maximum absolute atomic E-state index is 14.7. The van der Waals surface area contributed by atoms with E-state index in [1.54, 1.807) is 67.3 Å². The minimum Gasteiger partial charge on any atom is -0.495 e. The van der Waals surface area contributed by atoms with Crippen molar-refractivity contribution in [3.8, 4) is 28.7 Å². The maximum Gasteiger partial charge on any atom is 0.264 e. The van der Waals surface area contributed by atoms with Gasteiger partial charge in [-0.1, -0.05) is 27.7 Å². The number of amides is 2. The van der Waals surface area contributed by atoms with Crippen molar-refractivity contribution in [2.45, 2.75) is 130 Å². The van der Waals surface area contributed by atoms with E-state index in [9.17, 15) is 29.0 Å². The van der Waals surface area contributed by atoms with Crippen molar-refractivity contribution in [1.29, 1.82) is 10.7 Å². The number of methoxy groups -OCH3 is 1. The number of fused-ring (bicyclic) bond motifs is 1. The molecule has 2 amide bonds. The molecule has 0 bridgehead atoms. The van der Waals surface area contributed by atoms with Crippen molar-refractivity contribution < 1.29 is 27.8 Å². The molecule has 0 atom stereocenters. The summed E-state index contributed by atoms with van der Waals surface area (Å²) in [6.07, 6.45) is 12.2. The zero-order valence-electron chi connectivity index (χ0n) is 44.2. The molecule has 4 heterocycles. The molecule has 1 spiro atoms. The quantitative estimate of drug-likeness (QED) is 0.0930. The molecule has 4 fully saturated rings. The number of hydrogen-bond acceptors (Lipinski definition) is 9. The smallest absolute Gasteiger partial charge is 0.264 e. The summed E-state index contributed by atoms with van der Waals surface area (Å²) in [6.45, 7) is 13.6. The molecular weight excluding hydrogens is 937 g/mol. The fourth-order valence-corrected chi connectivity index (χ4v) is 14.2. The number of hydrogen-bond donors (Lipinski definition) is 3. The van der Waals surface area contributed by atoms with E-state index in [1.165, 1.54) is 38.5 Å². The van der Waals surface area contributed by atoms with E-state index in [0.29, 0.717) is 76.8 Å². The second-order valence-electron chi connectivity index (χ2n) is 23.5. The van der Waals surface area contributed by atoms with Crippen LogP contribution in [0.2, 0.25) is 0 Å². The Morgan fingerprint density at radius 2 is 1.62 bits per heavy atom. The minimum absolute atomic E-state index is 0.0285. The summed E-state index contributed by atoms with van der Waals surface area (Å²) in [5, 5.41) is 30.5. The zero-order valence-corrected chi connectivity index (χ0v) is 44.2. The third kappa shape index (κ3) is 9.62. The van der Waals surface area contributed by atoms with Crippen LogP contribution < -0.4 is 29.9 Å². The van der Waals surface area contributed by atoms with Crippen LogP contribution in [-0.4, -0.2) is 90.4 Å². The first kappa shape index (κ1) is 51.1. The largest absolute Gasteiger partial charge is 0.495 e. The van der Waals surface area contributed by atoms with Crippen LogP contribution in [0.3, 0.4) is 0 Å². The number of rotatable bonds is 12. The Morgan fingerprint density at radius 3 is 2.26 bits per heavy atom. The van der Waals surface area contributed by atoms with Crippen LogP contribution in [0.15, 0.2) is 78.3 Å². The number of ether oxygens (including phenoxy) is 2. The highest BCUT2D eigenvalue weighted by molar-refractivity contribution is 6.09.